The molecule has 4 nitrogen and oxygen atoms in total. The van der Waals surface area contributed by atoms with Crippen molar-refractivity contribution in [2.24, 2.45) is 17.8 Å². The molecule has 4 heteroatoms. The van der Waals surface area contributed by atoms with Gasteiger partial charge in [0, 0.05) is 13.5 Å². The summed E-state index contributed by atoms with van der Waals surface area (Å²) in [6.07, 6.45) is 6.97. The van der Waals surface area contributed by atoms with Gasteiger partial charge in [-0.2, -0.15) is 0 Å². The maximum atomic E-state index is 11.8. The van der Waals surface area contributed by atoms with Crippen LogP contribution in [0.2, 0.25) is 0 Å². The van der Waals surface area contributed by atoms with Gasteiger partial charge in [-0.1, -0.05) is 12.8 Å². The lowest BCUT2D eigenvalue weighted by molar-refractivity contribution is -0.154. The van der Waals surface area contributed by atoms with E-state index in [-0.39, 0.29) is 12.3 Å². The van der Waals surface area contributed by atoms with E-state index in [9.17, 15) is 4.79 Å². The molecule has 3 rings (SSSR count). The Kier molecular flexibility index (Phi) is 5.64. The highest BCUT2D eigenvalue weighted by Gasteiger charge is 2.36. The Morgan fingerprint density at radius 1 is 1.21 bits per heavy atom. The van der Waals surface area contributed by atoms with Crippen LogP contribution in [-0.2, 0) is 19.0 Å². The van der Waals surface area contributed by atoms with Crippen LogP contribution < -0.4 is 0 Å². The average Bonchev–Trinajstić information content (AvgIpc) is 2.44. The van der Waals surface area contributed by atoms with Gasteiger partial charge in [0.1, 0.15) is 6.61 Å². The van der Waals surface area contributed by atoms with E-state index >= 15 is 0 Å². The molecular weight excluding hydrogens is 244 g/mol. The van der Waals surface area contributed by atoms with Gasteiger partial charge >= 0.3 is 5.97 Å². The van der Waals surface area contributed by atoms with E-state index < -0.39 is 0 Å². The maximum absolute atomic E-state index is 11.8. The molecule has 0 amide bonds. The van der Waals surface area contributed by atoms with E-state index in [2.05, 4.69) is 0 Å². The van der Waals surface area contributed by atoms with Crippen LogP contribution >= 0.6 is 0 Å². The fourth-order valence-corrected chi connectivity index (χ4v) is 3.48. The Bertz CT molecular complexity index is 284. The number of hydrogen-bond acceptors (Lipinski definition) is 4. The zero-order valence-electron chi connectivity index (χ0n) is 12.1. The van der Waals surface area contributed by atoms with Gasteiger partial charge in [-0.05, 0) is 43.9 Å². The largest absolute Gasteiger partial charge is 0.463 e. The molecule has 0 aromatic carbocycles. The number of rotatable bonds is 7. The third-order valence-corrected chi connectivity index (χ3v) is 4.65. The van der Waals surface area contributed by atoms with Crippen molar-refractivity contribution in [2.75, 3.05) is 20.3 Å². The van der Waals surface area contributed by atoms with E-state index in [4.69, 9.17) is 14.2 Å². The molecule has 19 heavy (non-hydrogen) atoms. The van der Waals surface area contributed by atoms with Crippen LogP contribution in [0.1, 0.15) is 45.4 Å². The zero-order valence-corrected chi connectivity index (χ0v) is 12.1. The summed E-state index contributed by atoms with van der Waals surface area (Å²) in [4.78, 5) is 11.8. The molecule has 0 saturated heterocycles. The molecule has 0 aromatic heterocycles. The number of hydrogen-bond donors (Lipinski definition) is 0. The Labute approximate surface area is 115 Å². The summed E-state index contributed by atoms with van der Waals surface area (Å²) < 4.78 is 15.5. The summed E-state index contributed by atoms with van der Waals surface area (Å²) in [7, 11) is 1.59. The van der Waals surface area contributed by atoms with Gasteiger partial charge in [0.2, 0.25) is 0 Å². The summed E-state index contributed by atoms with van der Waals surface area (Å²) in [5.41, 5.74) is 0. The van der Waals surface area contributed by atoms with Crippen LogP contribution in [0.25, 0.3) is 0 Å². The number of methoxy groups -OCH3 is 1. The second kappa shape index (κ2) is 7.25. The SMILES string of the molecule is COC(C)OCCOC(=O)CC1CC2CCC1CC2. The van der Waals surface area contributed by atoms with Crippen molar-refractivity contribution in [3.05, 3.63) is 0 Å². The van der Waals surface area contributed by atoms with Crippen molar-refractivity contribution in [3.8, 4) is 0 Å². The van der Waals surface area contributed by atoms with Gasteiger partial charge < -0.3 is 14.2 Å². The van der Waals surface area contributed by atoms with Crippen LogP contribution in [0.15, 0.2) is 0 Å². The van der Waals surface area contributed by atoms with E-state index in [0.717, 1.165) is 11.8 Å². The standard InChI is InChI=1S/C15H26O4/c1-11(17-2)18-7-8-19-15(16)10-14-9-12-3-5-13(14)6-4-12/h11-14H,3-10H2,1-2H3. The lowest BCUT2D eigenvalue weighted by Gasteiger charge is -2.42. The molecule has 0 heterocycles. The number of carbonyl (C=O) groups is 1. The molecule has 3 fully saturated rings. The molecule has 3 saturated carbocycles. The molecular formula is C15H26O4. The van der Waals surface area contributed by atoms with Crippen molar-refractivity contribution in [2.45, 2.75) is 51.7 Å². The van der Waals surface area contributed by atoms with Crippen molar-refractivity contribution < 1.29 is 19.0 Å². The minimum Gasteiger partial charge on any atom is -0.463 e. The first-order valence-corrected chi connectivity index (χ1v) is 7.49. The highest BCUT2D eigenvalue weighted by atomic mass is 16.7. The third-order valence-electron chi connectivity index (χ3n) is 4.65. The van der Waals surface area contributed by atoms with E-state index in [1.165, 1.54) is 32.1 Å². The second-order valence-electron chi connectivity index (χ2n) is 5.88. The first kappa shape index (κ1) is 14.8. The van der Waals surface area contributed by atoms with E-state index in [0.29, 0.717) is 25.6 Å². The second-order valence-corrected chi connectivity index (χ2v) is 5.88. The zero-order chi connectivity index (χ0) is 13.7. The Hall–Kier alpha value is -0.610. The molecule has 0 aromatic rings. The Morgan fingerprint density at radius 2 is 1.95 bits per heavy atom. The van der Waals surface area contributed by atoms with Crippen LogP contribution in [0.4, 0.5) is 0 Å². The quantitative estimate of drug-likeness (QED) is 0.405. The predicted octanol–water partition coefficient (Wildman–Crippen LogP) is 2.76. The summed E-state index contributed by atoms with van der Waals surface area (Å²) >= 11 is 0. The number of carbonyl (C=O) groups excluding carboxylic acids is 1. The van der Waals surface area contributed by atoms with Crippen LogP contribution in [0.5, 0.6) is 0 Å². The Morgan fingerprint density at radius 3 is 2.53 bits per heavy atom. The monoisotopic (exact) mass is 270 g/mol. The molecule has 0 spiro atoms. The number of fused-ring (bicyclic) bond motifs is 3. The molecule has 2 atom stereocenters. The van der Waals surface area contributed by atoms with Gasteiger partial charge in [-0.3, -0.25) is 4.79 Å². The van der Waals surface area contributed by atoms with Crippen molar-refractivity contribution >= 4 is 5.97 Å². The third kappa shape index (κ3) is 4.46. The fourth-order valence-electron chi connectivity index (χ4n) is 3.48. The van der Waals surface area contributed by atoms with Crippen LogP contribution in [-0.4, -0.2) is 32.6 Å². The summed E-state index contributed by atoms with van der Waals surface area (Å²) in [5.74, 6) is 2.14. The van der Waals surface area contributed by atoms with Crippen molar-refractivity contribution in [1.29, 1.82) is 0 Å². The van der Waals surface area contributed by atoms with Gasteiger partial charge in [0.05, 0.1) is 6.61 Å². The van der Waals surface area contributed by atoms with E-state index in [1.807, 2.05) is 6.92 Å². The number of esters is 1. The van der Waals surface area contributed by atoms with Gasteiger partial charge in [-0.15, -0.1) is 0 Å². The summed E-state index contributed by atoms with van der Waals surface area (Å²) in [6.45, 7) is 2.55. The predicted molar refractivity (Wildman–Crippen MR) is 71.6 cm³/mol. The smallest absolute Gasteiger partial charge is 0.306 e. The van der Waals surface area contributed by atoms with Crippen LogP contribution in [0, 0.1) is 17.8 Å². The van der Waals surface area contributed by atoms with Crippen molar-refractivity contribution in [1.82, 2.24) is 0 Å². The topological polar surface area (TPSA) is 44.8 Å². The molecule has 0 radical (unpaired) electrons. The Balaban J connectivity index is 1.59. The molecule has 110 valence electrons. The molecule has 2 bridgehead atoms. The fraction of sp³-hybridized carbons (Fsp3) is 0.933. The first-order valence-electron chi connectivity index (χ1n) is 7.49. The summed E-state index contributed by atoms with van der Waals surface area (Å²) in [5, 5.41) is 0. The maximum Gasteiger partial charge on any atom is 0.306 e. The highest BCUT2D eigenvalue weighted by molar-refractivity contribution is 5.69. The number of ether oxygens (including phenoxy) is 3. The molecule has 3 aliphatic carbocycles. The molecule has 3 aliphatic rings. The molecule has 2 unspecified atom stereocenters. The van der Waals surface area contributed by atoms with Crippen molar-refractivity contribution in [3.63, 3.8) is 0 Å². The highest BCUT2D eigenvalue weighted by Crippen LogP contribution is 2.46. The van der Waals surface area contributed by atoms with Gasteiger partial charge in [0.15, 0.2) is 6.29 Å². The lowest BCUT2D eigenvalue weighted by atomic mass is 9.64. The summed E-state index contributed by atoms with van der Waals surface area (Å²) in [6, 6.07) is 0. The van der Waals surface area contributed by atoms with E-state index in [1.54, 1.807) is 7.11 Å². The first-order chi connectivity index (χ1) is 9.19. The van der Waals surface area contributed by atoms with Crippen LogP contribution in [0.3, 0.4) is 0 Å². The minimum absolute atomic E-state index is 0.0637. The molecule has 0 aliphatic heterocycles. The molecule has 0 N–H and O–H groups in total. The van der Waals surface area contributed by atoms with Gasteiger partial charge in [0.25, 0.3) is 0 Å². The van der Waals surface area contributed by atoms with Gasteiger partial charge in [-0.25, -0.2) is 0 Å². The average molecular weight is 270 g/mol. The normalized spacial score (nSPS) is 31.2. The lowest BCUT2D eigenvalue weighted by Crippen LogP contribution is -2.33. The minimum atomic E-state index is -0.243.